The molecule has 158 valence electrons. The predicted octanol–water partition coefficient (Wildman–Crippen LogP) is 8.52. The number of benzene rings is 2. The van der Waals surface area contributed by atoms with Crippen LogP contribution in [0.4, 0.5) is 26.3 Å². The molecule has 2 nitrogen and oxygen atoms in total. The molecule has 0 N–H and O–H groups in total. The quantitative estimate of drug-likeness (QED) is 0.384. The van der Waals surface area contributed by atoms with Crippen LogP contribution in [-0.2, 0) is 12.4 Å². The lowest BCUT2D eigenvalue weighted by molar-refractivity contribution is -0.143. The van der Waals surface area contributed by atoms with Crippen LogP contribution in [0.25, 0.3) is 0 Å². The Labute approximate surface area is 180 Å². The van der Waals surface area contributed by atoms with Gasteiger partial charge in [0.05, 0.1) is 21.2 Å². The summed E-state index contributed by atoms with van der Waals surface area (Å²) in [4.78, 5) is 0. The first kappa shape index (κ1) is 23.8. The first-order valence-electron chi connectivity index (χ1n) is 7.38. The van der Waals surface area contributed by atoms with E-state index < -0.39 is 29.2 Å². The van der Waals surface area contributed by atoms with E-state index in [0.29, 0.717) is 12.1 Å². The summed E-state index contributed by atoms with van der Waals surface area (Å²) in [5.74, 6) is -1.15. The van der Waals surface area contributed by atoms with E-state index in [1.807, 2.05) is 0 Å². The number of alkyl halides is 6. The lowest BCUT2D eigenvalue weighted by atomic mass is 10.1. The Kier molecular flexibility index (Phi) is 7.48. The van der Waals surface area contributed by atoms with E-state index in [1.54, 1.807) is 0 Å². The van der Waals surface area contributed by atoms with Crippen molar-refractivity contribution in [2.75, 3.05) is 6.61 Å². The van der Waals surface area contributed by atoms with Crippen LogP contribution >= 0.6 is 46.4 Å². The van der Waals surface area contributed by atoms with Crippen molar-refractivity contribution in [1.29, 1.82) is 0 Å². The molecular weight excluding hydrogens is 492 g/mol. The molecule has 0 amide bonds. The highest BCUT2D eigenvalue weighted by molar-refractivity contribution is 6.55. The smallest absolute Gasteiger partial charge is 0.420 e. The van der Waals surface area contributed by atoms with Crippen molar-refractivity contribution < 1.29 is 35.8 Å². The second-order valence-electron chi connectivity index (χ2n) is 5.33. The number of rotatable bonds is 5. The minimum atomic E-state index is -5.11. The molecule has 0 aliphatic heterocycles. The van der Waals surface area contributed by atoms with Crippen molar-refractivity contribution in [2.24, 2.45) is 0 Å². The lowest BCUT2D eigenvalue weighted by Gasteiger charge is -2.17. The molecule has 0 aromatic heterocycles. The van der Waals surface area contributed by atoms with Crippen molar-refractivity contribution in [1.82, 2.24) is 0 Å². The number of halogens is 10. The summed E-state index contributed by atoms with van der Waals surface area (Å²) < 4.78 is 88.2. The van der Waals surface area contributed by atoms with Gasteiger partial charge >= 0.3 is 12.4 Å². The van der Waals surface area contributed by atoms with Gasteiger partial charge in [-0.3, -0.25) is 0 Å². The molecule has 0 atom stereocenters. The average Bonchev–Trinajstić information content (AvgIpc) is 2.57. The van der Waals surface area contributed by atoms with Crippen LogP contribution in [0, 0.1) is 0 Å². The average molecular weight is 500 g/mol. The Morgan fingerprint density at radius 3 is 1.97 bits per heavy atom. The minimum Gasteiger partial charge on any atom is -0.488 e. The maximum atomic E-state index is 13.2. The van der Waals surface area contributed by atoms with E-state index in [1.165, 1.54) is 6.08 Å². The van der Waals surface area contributed by atoms with Gasteiger partial charge in [0.15, 0.2) is 0 Å². The standard InChI is InChI=1S/C17H8Cl4F6O2/c18-10-7-14(11(19)6-13(10)28-4-3-15(20)21)29-12-2-1-8(16(22,23)24)5-9(12)17(25,26)27/h1-3,5-7H,4H2. The van der Waals surface area contributed by atoms with Crippen LogP contribution in [-0.4, -0.2) is 6.61 Å². The van der Waals surface area contributed by atoms with E-state index in [0.717, 1.165) is 12.1 Å². The van der Waals surface area contributed by atoms with E-state index in [9.17, 15) is 26.3 Å². The fourth-order valence-electron chi connectivity index (χ4n) is 2.03. The fraction of sp³-hybridized carbons (Fsp3) is 0.176. The zero-order chi connectivity index (χ0) is 22.0. The summed E-state index contributed by atoms with van der Waals surface area (Å²) in [5, 5.41) is -0.276. The molecule has 2 rings (SSSR count). The van der Waals surface area contributed by atoms with Gasteiger partial charge in [-0.25, -0.2) is 0 Å². The van der Waals surface area contributed by atoms with Crippen molar-refractivity contribution >= 4 is 46.4 Å². The van der Waals surface area contributed by atoms with Gasteiger partial charge in [0.2, 0.25) is 0 Å². The van der Waals surface area contributed by atoms with Crippen molar-refractivity contribution in [3.8, 4) is 17.2 Å². The van der Waals surface area contributed by atoms with Gasteiger partial charge in [-0.15, -0.1) is 0 Å². The highest BCUT2D eigenvalue weighted by Crippen LogP contribution is 2.44. The summed E-state index contributed by atoms with van der Waals surface area (Å²) in [5.41, 5.74) is -3.10. The molecule has 0 saturated heterocycles. The van der Waals surface area contributed by atoms with E-state index >= 15 is 0 Å². The Morgan fingerprint density at radius 1 is 0.828 bits per heavy atom. The van der Waals surface area contributed by atoms with E-state index in [4.69, 9.17) is 55.9 Å². The normalized spacial score (nSPS) is 11.9. The largest absolute Gasteiger partial charge is 0.488 e. The molecule has 0 saturated carbocycles. The highest BCUT2D eigenvalue weighted by Gasteiger charge is 2.39. The summed E-state index contributed by atoms with van der Waals surface area (Å²) in [6.07, 6.45) is -8.77. The molecule has 29 heavy (non-hydrogen) atoms. The van der Waals surface area contributed by atoms with Gasteiger partial charge in [0, 0.05) is 12.1 Å². The van der Waals surface area contributed by atoms with Crippen LogP contribution in [0.1, 0.15) is 11.1 Å². The first-order valence-corrected chi connectivity index (χ1v) is 8.89. The molecule has 0 aliphatic rings. The van der Waals surface area contributed by atoms with Crippen LogP contribution < -0.4 is 9.47 Å². The first-order chi connectivity index (χ1) is 13.3. The Balaban J connectivity index is 2.38. The molecule has 0 aliphatic carbocycles. The van der Waals surface area contributed by atoms with E-state index in [-0.39, 0.29) is 38.7 Å². The Bertz CT molecular complexity index is 921. The van der Waals surface area contributed by atoms with Gasteiger partial charge in [-0.2, -0.15) is 26.3 Å². The number of ether oxygens (including phenoxy) is 2. The van der Waals surface area contributed by atoms with Crippen LogP contribution in [0.5, 0.6) is 17.2 Å². The maximum absolute atomic E-state index is 13.2. The molecule has 0 radical (unpaired) electrons. The van der Waals surface area contributed by atoms with Gasteiger partial charge in [0.1, 0.15) is 28.3 Å². The second kappa shape index (κ2) is 9.12. The molecule has 2 aromatic carbocycles. The van der Waals surface area contributed by atoms with Gasteiger partial charge in [0.25, 0.3) is 0 Å². The fourth-order valence-corrected chi connectivity index (χ4v) is 2.56. The molecule has 0 spiro atoms. The summed E-state index contributed by atoms with van der Waals surface area (Å²) in [6.45, 7) is -0.0737. The molecule has 0 heterocycles. The molecule has 0 fully saturated rings. The highest BCUT2D eigenvalue weighted by atomic mass is 35.5. The third kappa shape index (κ3) is 6.50. The third-order valence-electron chi connectivity index (χ3n) is 3.30. The zero-order valence-electron chi connectivity index (χ0n) is 13.8. The second-order valence-corrected chi connectivity index (χ2v) is 7.15. The van der Waals surface area contributed by atoms with Gasteiger partial charge in [-0.1, -0.05) is 46.4 Å². The lowest BCUT2D eigenvalue weighted by Crippen LogP contribution is -2.12. The monoisotopic (exact) mass is 498 g/mol. The minimum absolute atomic E-state index is 0.0510. The van der Waals surface area contributed by atoms with Crippen LogP contribution in [0.2, 0.25) is 10.0 Å². The van der Waals surface area contributed by atoms with Gasteiger partial charge in [-0.05, 0) is 24.3 Å². The molecule has 0 unspecified atom stereocenters. The number of hydrogen-bond acceptors (Lipinski definition) is 2. The van der Waals surface area contributed by atoms with E-state index in [2.05, 4.69) is 0 Å². The topological polar surface area (TPSA) is 18.5 Å². The summed E-state index contributed by atoms with van der Waals surface area (Å²) >= 11 is 22.8. The van der Waals surface area contributed by atoms with Crippen LogP contribution in [0.3, 0.4) is 0 Å². The third-order valence-corrected chi connectivity index (χ3v) is 4.19. The zero-order valence-corrected chi connectivity index (χ0v) is 16.8. The molecule has 0 bridgehead atoms. The van der Waals surface area contributed by atoms with Crippen molar-refractivity contribution in [2.45, 2.75) is 12.4 Å². The summed E-state index contributed by atoms with van der Waals surface area (Å²) in [6, 6.07) is 3.17. The van der Waals surface area contributed by atoms with Crippen molar-refractivity contribution in [3.05, 3.63) is 62.1 Å². The number of hydrogen-bond donors (Lipinski definition) is 0. The van der Waals surface area contributed by atoms with Crippen molar-refractivity contribution in [3.63, 3.8) is 0 Å². The molecular formula is C17H8Cl4F6O2. The predicted molar refractivity (Wildman–Crippen MR) is 98.3 cm³/mol. The molecule has 12 heteroatoms. The van der Waals surface area contributed by atoms with Crippen LogP contribution in [0.15, 0.2) is 40.9 Å². The molecule has 2 aromatic rings. The maximum Gasteiger partial charge on any atom is 0.420 e. The Morgan fingerprint density at radius 2 is 1.41 bits per heavy atom. The summed E-state index contributed by atoms with van der Waals surface area (Å²) in [7, 11) is 0. The SMILES string of the molecule is FC(F)(F)c1ccc(Oc2cc(Cl)c(OCC=C(Cl)Cl)cc2Cl)c(C(F)(F)F)c1. The van der Waals surface area contributed by atoms with Gasteiger partial charge < -0.3 is 9.47 Å². The Hall–Kier alpha value is -1.48.